The van der Waals surface area contributed by atoms with Crippen LogP contribution in [0.25, 0.3) is 0 Å². The van der Waals surface area contributed by atoms with Crippen LogP contribution in [0.4, 0.5) is 0 Å². The van der Waals surface area contributed by atoms with Crippen molar-refractivity contribution in [2.45, 2.75) is 39.5 Å². The fraction of sp³-hybridized carbons (Fsp3) is 0.273. The second-order valence-corrected chi connectivity index (χ2v) is 5.97. The van der Waals surface area contributed by atoms with E-state index in [0.29, 0.717) is 11.3 Å². The van der Waals surface area contributed by atoms with Crippen LogP contribution in [-0.2, 0) is 22.4 Å². The maximum absolute atomic E-state index is 11.9. The fourth-order valence-corrected chi connectivity index (χ4v) is 2.48. The molecule has 2 aromatic rings. The molecule has 2 aromatic carbocycles. The molecule has 0 aromatic heterocycles. The lowest BCUT2D eigenvalue weighted by atomic mass is 10.1. The number of ether oxygens (including phenoxy) is 2. The minimum atomic E-state index is -0.598. The lowest BCUT2D eigenvalue weighted by Gasteiger charge is -2.03. The third-order valence-corrected chi connectivity index (χ3v) is 3.79. The molecule has 0 aliphatic heterocycles. The van der Waals surface area contributed by atoms with Crippen LogP contribution in [-0.4, -0.2) is 11.9 Å². The highest BCUT2D eigenvalue weighted by molar-refractivity contribution is 5.90. The highest BCUT2D eigenvalue weighted by Gasteiger charge is 2.06. The van der Waals surface area contributed by atoms with E-state index in [1.54, 1.807) is 24.3 Å². The molecule has 0 N–H and O–H groups in total. The first-order valence-electron chi connectivity index (χ1n) is 8.89. The second kappa shape index (κ2) is 10.2. The molecule has 4 heteroatoms. The van der Waals surface area contributed by atoms with Crippen molar-refractivity contribution in [1.82, 2.24) is 0 Å². The fourth-order valence-electron chi connectivity index (χ4n) is 2.48. The molecule has 0 fully saturated rings. The van der Waals surface area contributed by atoms with Gasteiger partial charge in [0.05, 0.1) is 11.6 Å². The summed E-state index contributed by atoms with van der Waals surface area (Å²) < 4.78 is 10.1. The average Bonchev–Trinajstić information content (AvgIpc) is 2.64. The number of carbonyl (C=O) groups excluding carboxylic acids is 2. The molecule has 0 atom stereocenters. The molecule has 136 valence electrons. The second-order valence-electron chi connectivity index (χ2n) is 5.97. The number of hydrogen-bond acceptors (Lipinski definition) is 4. The zero-order chi connectivity index (χ0) is 18.8. The molecule has 0 saturated heterocycles. The van der Waals surface area contributed by atoms with Crippen LogP contribution < -0.4 is 4.74 Å². The van der Waals surface area contributed by atoms with E-state index in [1.807, 2.05) is 24.3 Å². The number of aryl methyl sites for hydroxylation is 2. The zero-order valence-electron chi connectivity index (χ0n) is 15.2. The van der Waals surface area contributed by atoms with Crippen LogP contribution in [0, 0.1) is 0 Å². The Hall–Kier alpha value is -2.88. The zero-order valence-corrected chi connectivity index (χ0v) is 15.2. The largest absolute Gasteiger partial charge is 0.431 e. The molecule has 0 spiro atoms. The Kier molecular flexibility index (Phi) is 7.62. The van der Waals surface area contributed by atoms with Gasteiger partial charge in [-0.05, 0) is 48.2 Å². The molecule has 0 bridgehead atoms. The summed E-state index contributed by atoms with van der Waals surface area (Å²) in [4.78, 5) is 23.7. The van der Waals surface area contributed by atoms with E-state index in [9.17, 15) is 9.59 Å². The van der Waals surface area contributed by atoms with Gasteiger partial charge in [0.1, 0.15) is 12.0 Å². The van der Waals surface area contributed by atoms with Crippen LogP contribution in [0.15, 0.2) is 60.9 Å². The molecule has 4 nitrogen and oxygen atoms in total. The summed E-state index contributed by atoms with van der Waals surface area (Å²) >= 11 is 0. The van der Waals surface area contributed by atoms with Gasteiger partial charge in [-0.3, -0.25) is 0 Å². The molecular weight excluding hydrogens is 328 g/mol. The molecular formula is C22H24O4. The smallest absolute Gasteiger partial charge is 0.342 e. The summed E-state index contributed by atoms with van der Waals surface area (Å²) in [7, 11) is 0. The number of benzene rings is 2. The van der Waals surface area contributed by atoms with Crippen molar-refractivity contribution in [3.63, 3.8) is 0 Å². The maximum Gasteiger partial charge on any atom is 0.342 e. The van der Waals surface area contributed by atoms with Gasteiger partial charge in [-0.15, -0.1) is 0 Å². The van der Waals surface area contributed by atoms with Gasteiger partial charge in [0.15, 0.2) is 0 Å². The molecule has 0 saturated carbocycles. The summed E-state index contributed by atoms with van der Waals surface area (Å²) in [5.74, 6) is -0.655. The molecule has 2 rings (SSSR count). The van der Waals surface area contributed by atoms with Crippen molar-refractivity contribution in [2.75, 3.05) is 0 Å². The van der Waals surface area contributed by atoms with Crippen molar-refractivity contribution in [3.8, 4) is 5.75 Å². The topological polar surface area (TPSA) is 52.6 Å². The molecule has 0 heterocycles. The van der Waals surface area contributed by atoms with E-state index in [4.69, 9.17) is 9.47 Å². The predicted molar refractivity (Wildman–Crippen MR) is 101 cm³/mol. The Bertz CT molecular complexity index is 743. The SMILES string of the molecule is CCCc1ccc(OC(=O)/C=C/OC(=O)c2ccc(CCC)cc2)cc1. The molecule has 0 radical (unpaired) electrons. The van der Waals surface area contributed by atoms with E-state index in [0.717, 1.165) is 38.0 Å². The third-order valence-electron chi connectivity index (χ3n) is 3.79. The number of rotatable bonds is 8. The van der Waals surface area contributed by atoms with Crippen LogP contribution in [0.2, 0.25) is 0 Å². The van der Waals surface area contributed by atoms with Gasteiger partial charge in [-0.2, -0.15) is 0 Å². The lowest BCUT2D eigenvalue weighted by molar-refractivity contribution is -0.129. The number of esters is 2. The van der Waals surface area contributed by atoms with Gasteiger partial charge in [0, 0.05) is 0 Å². The Morgan fingerprint density at radius 3 is 1.92 bits per heavy atom. The van der Waals surface area contributed by atoms with Crippen molar-refractivity contribution in [3.05, 3.63) is 77.6 Å². The van der Waals surface area contributed by atoms with Gasteiger partial charge in [0.25, 0.3) is 0 Å². The predicted octanol–water partition coefficient (Wildman–Crippen LogP) is 4.87. The Morgan fingerprint density at radius 2 is 1.38 bits per heavy atom. The van der Waals surface area contributed by atoms with Gasteiger partial charge >= 0.3 is 11.9 Å². The molecule has 0 amide bonds. The summed E-state index contributed by atoms with van der Waals surface area (Å²) in [6.45, 7) is 4.21. The standard InChI is InChI=1S/C22H24O4/c1-3-5-17-7-11-19(12-8-17)22(24)25-16-15-21(23)26-20-13-9-18(6-4-2)10-14-20/h7-16H,3-6H2,1-2H3/b16-15+. The third kappa shape index (κ3) is 6.20. The van der Waals surface area contributed by atoms with Gasteiger partial charge in [-0.25, -0.2) is 9.59 Å². The van der Waals surface area contributed by atoms with Gasteiger partial charge in [0.2, 0.25) is 0 Å². The van der Waals surface area contributed by atoms with E-state index in [1.165, 1.54) is 11.1 Å². The van der Waals surface area contributed by atoms with Crippen LogP contribution in [0.3, 0.4) is 0 Å². The molecule has 26 heavy (non-hydrogen) atoms. The highest BCUT2D eigenvalue weighted by Crippen LogP contribution is 2.14. The summed E-state index contributed by atoms with van der Waals surface area (Å²) in [5, 5.41) is 0. The van der Waals surface area contributed by atoms with Crippen molar-refractivity contribution < 1.29 is 19.1 Å². The Labute approximate surface area is 154 Å². The maximum atomic E-state index is 11.9. The van der Waals surface area contributed by atoms with E-state index in [2.05, 4.69) is 13.8 Å². The van der Waals surface area contributed by atoms with Gasteiger partial charge < -0.3 is 9.47 Å². The van der Waals surface area contributed by atoms with Crippen LogP contribution >= 0.6 is 0 Å². The van der Waals surface area contributed by atoms with E-state index >= 15 is 0 Å². The van der Waals surface area contributed by atoms with Crippen molar-refractivity contribution >= 4 is 11.9 Å². The van der Waals surface area contributed by atoms with Crippen molar-refractivity contribution in [1.29, 1.82) is 0 Å². The first-order chi connectivity index (χ1) is 12.6. The molecule has 0 unspecified atom stereocenters. The van der Waals surface area contributed by atoms with Crippen LogP contribution in [0.5, 0.6) is 5.75 Å². The summed E-state index contributed by atoms with van der Waals surface area (Å²) in [6.07, 6.45) is 6.22. The van der Waals surface area contributed by atoms with E-state index < -0.39 is 11.9 Å². The van der Waals surface area contributed by atoms with Crippen molar-refractivity contribution in [2.24, 2.45) is 0 Å². The number of carbonyl (C=O) groups is 2. The lowest BCUT2D eigenvalue weighted by Crippen LogP contribution is -2.05. The van der Waals surface area contributed by atoms with Gasteiger partial charge in [-0.1, -0.05) is 51.0 Å². The Balaban J connectivity index is 1.82. The highest BCUT2D eigenvalue weighted by atomic mass is 16.5. The normalized spacial score (nSPS) is 10.7. The molecule has 0 aliphatic carbocycles. The first-order valence-corrected chi connectivity index (χ1v) is 8.89. The first kappa shape index (κ1) is 19.4. The summed E-state index contributed by atoms with van der Waals surface area (Å²) in [6, 6.07) is 14.6. The monoisotopic (exact) mass is 352 g/mol. The summed E-state index contributed by atoms with van der Waals surface area (Å²) in [5.41, 5.74) is 2.81. The number of hydrogen-bond donors (Lipinski definition) is 0. The van der Waals surface area contributed by atoms with E-state index in [-0.39, 0.29) is 0 Å². The average molecular weight is 352 g/mol. The Morgan fingerprint density at radius 1 is 0.846 bits per heavy atom. The van der Waals surface area contributed by atoms with Crippen LogP contribution in [0.1, 0.15) is 48.2 Å². The minimum absolute atomic E-state index is 0.439. The molecule has 0 aliphatic rings. The quantitative estimate of drug-likeness (QED) is 0.294. The minimum Gasteiger partial charge on any atom is -0.431 e.